The SMILES string of the molecule is Cc1c2c(nn1C)CCOC2. The number of hydrogen-bond acceptors (Lipinski definition) is 2. The van der Waals surface area contributed by atoms with E-state index in [1.165, 1.54) is 17.0 Å². The quantitative estimate of drug-likeness (QED) is 0.550. The molecule has 0 amide bonds. The summed E-state index contributed by atoms with van der Waals surface area (Å²) in [4.78, 5) is 0. The van der Waals surface area contributed by atoms with Gasteiger partial charge in [-0.15, -0.1) is 0 Å². The minimum atomic E-state index is 0.745. The van der Waals surface area contributed by atoms with E-state index in [4.69, 9.17) is 4.74 Å². The fourth-order valence-corrected chi connectivity index (χ4v) is 1.45. The number of hydrogen-bond donors (Lipinski definition) is 0. The maximum Gasteiger partial charge on any atom is 0.0753 e. The zero-order valence-corrected chi connectivity index (χ0v) is 6.92. The van der Waals surface area contributed by atoms with Crippen molar-refractivity contribution in [3.8, 4) is 0 Å². The Morgan fingerprint density at radius 2 is 2.36 bits per heavy atom. The standard InChI is InChI=1S/C8H12N2O/c1-6-7-5-11-4-3-8(7)9-10(6)2/h3-5H2,1-2H3. The predicted octanol–water partition coefficient (Wildman–Crippen LogP) is 0.801. The second kappa shape index (κ2) is 2.34. The fourth-order valence-electron chi connectivity index (χ4n) is 1.45. The van der Waals surface area contributed by atoms with E-state index >= 15 is 0 Å². The van der Waals surface area contributed by atoms with E-state index in [2.05, 4.69) is 12.0 Å². The van der Waals surface area contributed by atoms with E-state index in [1.54, 1.807) is 0 Å². The number of fused-ring (bicyclic) bond motifs is 1. The Balaban J connectivity index is 2.50. The molecule has 0 bridgehead atoms. The molecule has 0 fully saturated rings. The van der Waals surface area contributed by atoms with Crippen molar-refractivity contribution in [3.05, 3.63) is 17.0 Å². The van der Waals surface area contributed by atoms with Crippen LogP contribution in [-0.2, 0) is 24.8 Å². The second-order valence-electron chi connectivity index (χ2n) is 2.94. The summed E-state index contributed by atoms with van der Waals surface area (Å²) in [6.07, 6.45) is 0.969. The van der Waals surface area contributed by atoms with Crippen LogP contribution in [0.1, 0.15) is 17.0 Å². The Labute approximate surface area is 66.0 Å². The van der Waals surface area contributed by atoms with Crippen molar-refractivity contribution in [3.63, 3.8) is 0 Å². The van der Waals surface area contributed by atoms with Gasteiger partial charge in [0.15, 0.2) is 0 Å². The normalized spacial score (nSPS) is 16.5. The van der Waals surface area contributed by atoms with Crippen molar-refractivity contribution in [1.82, 2.24) is 9.78 Å². The van der Waals surface area contributed by atoms with E-state index in [9.17, 15) is 0 Å². The molecular weight excluding hydrogens is 140 g/mol. The summed E-state index contributed by atoms with van der Waals surface area (Å²) in [5.41, 5.74) is 3.75. The highest BCUT2D eigenvalue weighted by atomic mass is 16.5. The smallest absolute Gasteiger partial charge is 0.0753 e. The molecule has 11 heavy (non-hydrogen) atoms. The van der Waals surface area contributed by atoms with Crippen LogP contribution < -0.4 is 0 Å². The van der Waals surface area contributed by atoms with Gasteiger partial charge in [0, 0.05) is 24.7 Å². The van der Waals surface area contributed by atoms with Crippen LogP contribution >= 0.6 is 0 Å². The van der Waals surface area contributed by atoms with Crippen LogP contribution in [0.2, 0.25) is 0 Å². The summed E-state index contributed by atoms with van der Waals surface area (Å²) in [6.45, 7) is 3.65. The minimum Gasteiger partial charge on any atom is -0.376 e. The predicted molar refractivity (Wildman–Crippen MR) is 41.3 cm³/mol. The second-order valence-corrected chi connectivity index (χ2v) is 2.94. The maximum absolute atomic E-state index is 5.34. The van der Waals surface area contributed by atoms with Crippen molar-refractivity contribution in [2.24, 2.45) is 7.05 Å². The lowest BCUT2D eigenvalue weighted by molar-refractivity contribution is 0.110. The Hall–Kier alpha value is -0.830. The molecule has 3 nitrogen and oxygen atoms in total. The highest BCUT2D eigenvalue weighted by Crippen LogP contribution is 2.18. The van der Waals surface area contributed by atoms with Crippen molar-refractivity contribution >= 4 is 0 Å². The van der Waals surface area contributed by atoms with Gasteiger partial charge in [0.2, 0.25) is 0 Å². The molecule has 0 spiro atoms. The summed E-state index contributed by atoms with van der Waals surface area (Å²) < 4.78 is 7.27. The molecule has 60 valence electrons. The molecule has 1 aromatic rings. The first kappa shape index (κ1) is 6.85. The van der Waals surface area contributed by atoms with Crippen LogP contribution in [0.25, 0.3) is 0 Å². The third-order valence-corrected chi connectivity index (χ3v) is 2.27. The molecule has 1 aliphatic rings. The maximum atomic E-state index is 5.34. The van der Waals surface area contributed by atoms with E-state index in [0.717, 1.165) is 19.6 Å². The lowest BCUT2D eigenvalue weighted by Crippen LogP contribution is -2.08. The van der Waals surface area contributed by atoms with Gasteiger partial charge in [0.1, 0.15) is 0 Å². The first-order chi connectivity index (χ1) is 5.29. The number of aromatic nitrogens is 2. The number of ether oxygens (including phenoxy) is 1. The molecule has 1 aromatic heterocycles. The molecule has 3 heteroatoms. The summed E-state index contributed by atoms with van der Waals surface area (Å²) in [5, 5.41) is 4.39. The Bertz CT molecular complexity index is 278. The highest BCUT2D eigenvalue weighted by Gasteiger charge is 2.16. The van der Waals surface area contributed by atoms with Gasteiger partial charge in [-0.1, -0.05) is 0 Å². The average Bonchev–Trinajstić information content (AvgIpc) is 2.30. The van der Waals surface area contributed by atoms with E-state index in [0.29, 0.717) is 0 Å². The monoisotopic (exact) mass is 152 g/mol. The molecule has 2 heterocycles. The van der Waals surface area contributed by atoms with Gasteiger partial charge in [-0.25, -0.2) is 0 Å². The Kier molecular flexibility index (Phi) is 1.46. The summed E-state index contributed by atoms with van der Waals surface area (Å²) >= 11 is 0. The van der Waals surface area contributed by atoms with Crippen LogP contribution in [-0.4, -0.2) is 16.4 Å². The highest BCUT2D eigenvalue weighted by molar-refractivity contribution is 5.25. The molecule has 0 saturated heterocycles. The zero-order valence-electron chi connectivity index (χ0n) is 6.92. The molecule has 2 rings (SSSR count). The molecule has 0 aromatic carbocycles. The molecule has 1 aliphatic heterocycles. The zero-order chi connectivity index (χ0) is 7.84. The average molecular weight is 152 g/mol. The molecule has 0 atom stereocenters. The number of aryl methyl sites for hydroxylation is 1. The third-order valence-electron chi connectivity index (χ3n) is 2.27. The largest absolute Gasteiger partial charge is 0.376 e. The number of nitrogens with zero attached hydrogens (tertiary/aromatic N) is 2. The molecule has 0 radical (unpaired) electrons. The first-order valence-electron chi connectivity index (χ1n) is 3.88. The van der Waals surface area contributed by atoms with Gasteiger partial charge in [-0.05, 0) is 6.92 Å². The Morgan fingerprint density at radius 1 is 1.55 bits per heavy atom. The van der Waals surface area contributed by atoms with Crippen LogP contribution in [0.5, 0.6) is 0 Å². The summed E-state index contributed by atoms with van der Waals surface area (Å²) in [6, 6.07) is 0. The van der Waals surface area contributed by atoms with Gasteiger partial charge < -0.3 is 4.74 Å². The van der Waals surface area contributed by atoms with Crippen molar-refractivity contribution in [2.75, 3.05) is 6.61 Å². The molecule has 0 unspecified atom stereocenters. The number of rotatable bonds is 0. The summed E-state index contributed by atoms with van der Waals surface area (Å²) in [7, 11) is 1.98. The molecular formula is C8H12N2O. The van der Waals surface area contributed by atoms with Crippen LogP contribution in [0.3, 0.4) is 0 Å². The lowest BCUT2D eigenvalue weighted by atomic mass is 10.1. The van der Waals surface area contributed by atoms with Gasteiger partial charge in [0.05, 0.1) is 18.9 Å². The van der Waals surface area contributed by atoms with E-state index in [-0.39, 0.29) is 0 Å². The minimum absolute atomic E-state index is 0.745. The van der Waals surface area contributed by atoms with Crippen LogP contribution in [0.4, 0.5) is 0 Å². The third kappa shape index (κ3) is 0.959. The molecule has 0 aliphatic carbocycles. The van der Waals surface area contributed by atoms with Crippen molar-refractivity contribution < 1.29 is 4.74 Å². The topological polar surface area (TPSA) is 27.1 Å². The molecule has 0 N–H and O–H groups in total. The fraction of sp³-hybridized carbons (Fsp3) is 0.625. The van der Waals surface area contributed by atoms with Gasteiger partial charge in [-0.2, -0.15) is 5.10 Å². The van der Waals surface area contributed by atoms with Gasteiger partial charge >= 0.3 is 0 Å². The van der Waals surface area contributed by atoms with E-state index in [1.807, 2.05) is 11.7 Å². The van der Waals surface area contributed by atoms with Crippen LogP contribution in [0.15, 0.2) is 0 Å². The summed E-state index contributed by atoms with van der Waals surface area (Å²) in [5.74, 6) is 0. The van der Waals surface area contributed by atoms with Gasteiger partial charge in [0.25, 0.3) is 0 Å². The van der Waals surface area contributed by atoms with Crippen molar-refractivity contribution in [2.45, 2.75) is 20.0 Å². The lowest BCUT2D eigenvalue weighted by Gasteiger charge is -2.10. The van der Waals surface area contributed by atoms with E-state index < -0.39 is 0 Å². The first-order valence-corrected chi connectivity index (χ1v) is 3.88. The van der Waals surface area contributed by atoms with Crippen LogP contribution in [0, 0.1) is 6.92 Å². The van der Waals surface area contributed by atoms with Crippen molar-refractivity contribution in [1.29, 1.82) is 0 Å². The Morgan fingerprint density at radius 3 is 3.09 bits per heavy atom. The molecule has 0 saturated carbocycles. The van der Waals surface area contributed by atoms with Gasteiger partial charge in [-0.3, -0.25) is 4.68 Å².